The Morgan fingerprint density at radius 2 is 1.94 bits per heavy atom. The third-order valence-corrected chi connectivity index (χ3v) is 3.90. The lowest BCUT2D eigenvalue weighted by molar-refractivity contribution is -0.135. The Balaban J connectivity index is 2.48. The monoisotopic (exact) mass is 241 g/mol. The van der Waals surface area contributed by atoms with E-state index in [0.29, 0.717) is 6.04 Å². The Bertz CT molecular complexity index is 247. The fraction of sp³-hybridized carbons (Fsp3) is 0.923. The van der Waals surface area contributed by atoms with Crippen LogP contribution >= 0.6 is 0 Å². The highest BCUT2D eigenvalue weighted by molar-refractivity contribution is 5.81. The molecule has 1 aliphatic rings. The lowest BCUT2D eigenvalue weighted by atomic mass is 10.00. The summed E-state index contributed by atoms with van der Waals surface area (Å²) >= 11 is 0. The van der Waals surface area contributed by atoms with Crippen molar-refractivity contribution in [1.82, 2.24) is 9.80 Å². The van der Waals surface area contributed by atoms with Crippen molar-refractivity contribution in [3.05, 3.63) is 0 Å². The highest BCUT2D eigenvalue weighted by Gasteiger charge is 2.28. The summed E-state index contributed by atoms with van der Waals surface area (Å²) in [6.07, 6.45) is 2.14. The maximum atomic E-state index is 12.1. The summed E-state index contributed by atoms with van der Waals surface area (Å²) in [7, 11) is 1.90. The van der Waals surface area contributed by atoms with Crippen molar-refractivity contribution in [2.24, 2.45) is 11.7 Å². The van der Waals surface area contributed by atoms with Crippen LogP contribution in [0.25, 0.3) is 0 Å². The van der Waals surface area contributed by atoms with Gasteiger partial charge in [0.2, 0.25) is 5.91 Å². The van der Waals surface area contributed by atoms with Gasteiger partial charge in [-0.05, 0) is 25.3 Å². The molecule has 1 saturated heterocycles. The first-order valence-corrected chi connectivity index (χ1v) is 6.72. The van der Waals surface area contributed by atoms with Crippen LogP contribution in [0.3, 0.4) is 0 Å². The number of nitrogens with zero attached hydrogens (tertiary/aromatic N) is 2. The van der Waals surface area contributed by atoms with Crippen molar-refractivity contribution in [3.8, 4) is 0 Å². The van der Waals surface area contributed by atoms with Crippen molar-refractivity contribution >= 4 is 5.91 Å². The third kappa shape index (κ3) is 3.68. The molecule has 0 bridgehead atoms. The predicted molar refractivity (Wildman–Crippen MR) is 70.7 cm³/mol. The lowest BCUT2D eigenvalue weighted by Gasteiger charge is -2.37. The van der Waals surface area contributed by atoms with Gasteiger partial charge in [0.15, 0.2) is 0 Å². The standard InChI is InChI=1S/C13H27N3O/c1-5-16-8-6-11(7-9-16)15(4)13(17)12(14)10(2)3/h10-12H,5-9,14H2,1-4H3/t12-/m0/s1. The molecule has 0 aromatic carbocycles. The van der Waals surface area contributed by atoms with Crippen molar-refractivity contribution in [1.29, 1.82) is 0 Å². The van der Waals surface area contributed by atoms with E-state index in [4.69, 9.17) is 5.73 Å². The zero-order valence-corrected chi connectivity index (χ0v) is 11.6. The Morgan fingerprint density at radius 3 is 2.35 bits per heavy atom. The minimum absolute atomic E-state index is 0.0925. The van der Waals surface area contributed by atoms with E-state index in [1.54, 1.807) is 0 Å². The smallest absolute Gasteiger partial charge is 0.239 e. The quantitative estimate of drug-likeness (QED) is 0.796. The molecule has 1 heterocycles. The second-order valence-electron chi connectivity index (χ2n) is 5.38. The van der Waals surface area contributed by atoms with E-state index in [2.05, 4.69) is 11.8 Å². The van der Waals surface area contributed by atoms with Crippen LogP contribution in [-0.4, -0.2) is 54.5 Å². The van der Waals surface area contributed by atoms with Gasteiger partial charge in [0.1, 0.15) is 0 Å². The van der Waals surface area contributed by atoms with Crippen molar-refractivity contribution in [3.63, 3.8) is 0 Å². The third-order valence-electron chi connectivity index (χ3n) is 3.90. The average Bonchev–Trinajstić information content (AvgIpc) is 2.36. The van der Waals surface area contributed by atoms with Crippen LogP contribution < -0.4 is 5.73 Å². The van der Waals surface area contributed by atoms with Gasteiger partial charge >= 0.3 is 0 Å². The molecule has 0 aromatic rings. The molecular formula is C13H27N3O. The molecule has 17 heavy (non-hydrogen) atoms. The van der Waals surface area contributed by atoms with Gasteiger partial charge < -0.3 is 15.5 Å². The number of amides is 1. The first-order chi connectivity index (χ1) is 7.97. The van der Waals surface area contributed by atoms with Gasteiger partial charge in [0.05, 0.1) is 6.04 Å². The van der Waals surface area contributed by atoms with Gasteiger partial charge in [0, 0.05) is 26.2 Å². The summed E-state index contributed by atoms with van der Waals surface area (Å²) in [6.45, 7) is 9.47. The van der Waals surface area contributed by atoms with E-state index in [1.165, 1.54) is 0 Å². The molecule has 0 aliphatic carbocycles. The number of carbonyl (C=O) groups excluding carboxylic acids is 1. The van der Waals surface area contributed by atoms with Gasteiger partial charge in [-0.15, -0.1) is 0 Å². The molecule has 0 radical (unpaired) electrons. The Morgan fingerprint density at radius 1 is 1.41 bits per heavy atom. The van der Waals surface area contributed by atoms with Crippen LogP contribution in [0.1, 0.15) is 33.6 Å². The van der Waals surface area contributed by atoms with Crippen LogP contribution in [-0.2, 0) is 4.79 Å². The topological polar surface area (TPSA) is 49.6 Å². The summed E-state index contributed by atoms with van der Waals surface area (Å²) in [5.41, 5.74) is 5.92. The first-order valence-electron chi connectivity index (χ1n) is 6.72. The fourth-order valence-electron chi connectivity index (χ4n) is 2.32. The number of likely N-dealkylation sites (N-methyl/N-ethyl adjacent to an activating group) is 1. The molecule has 1 aliphatic heterocycles. The Hall–Kier alpha value is -0.610. The van der Waals surface area contributed by atoms with Crippen molar-refractivity contribution < 1.29 is 4.79 Å². The maximum absolute atomic E-state index is 12.1. The Labute approximate surface area is 105 Å². The Kier molecular flexibility index (Phi) is 5.40. The number of nitrogens with two attached hydrogens (primary N) is 1. The van der Waals surface area contributed by atoms with E-state index in [0.717, 1.165) is 32.5 Å². The molecule has 0 spiro atoms. The second kappa shape index (κ2) is 6.36. The van der Waals surface area contributed by atoms with E-state index < -0.39 is 0 Å². The van der Waals surface area contributed by atoms with Gasteiger partial charge in [0.25, 0.3) is 0 Å². The molecule has 1 amide bonds. The second-order valence-corrected chi connectivity index (χ2v) is 5.38. The summed E-state index contributed by atoms with van der Waals surface area (Å²) in [5.74, 6) is 0.302. The van der Waals surface area contributed by atoms with Gasteiger partial charge in [-0.1, -0.05) is 20.8 Å². The highest BCUT2D eigenvalue weighted by Crippen LogP contribution is 2.16. The zero-order valence-electron chi connectivity index (χ0n) is 11.6. The highest BCUT2D eigenvalue weighted by atomic mass is 16.2. The molecule has 4 nitrogen and oxygen atoms in total. The van der Waals surface area contributed by atoms with E-state index in [9.17, 15) is 4.79 Å². The molecule has 100 valence electrons. The molecule has 2 N–H and O–H groups in total. The van der Waals surface area contributed by atoms with Crippen molar-refractivity contribution in [2.45, 2.75) is 45.7 Å². The molecule has 0 aromatic heterocycles. The summed E-state index contributed by atoms with van der Waals surface area (Å²) in [4.78, 5) is 16.4. The fourth-order valence-corrected chi connectivity index (χ4v) is 2.32. The lowest BCUT2D eigenvalue weighted by Crippen LogP contribution is -2.51. The van der Waals surface area contributed by atoms with Gasteiger partial charge in [-0.25, -0.2) is 0 Å². The minimum atomic E-state index is -0.357. The van der Waals surface area contributed by atoms with E-state index in [1.807, 2.05) is 25.8 Å². The molecule has 0 unspecified atom stereocenters. The van der Waals surface area contributed by atoms with Crippen LogP contribution in [0, 0.1) is 5.92 Å². The molecule has 1 atom stereocenters. The van der Waals surface area contributed by atoms with Crippen LogP contribution in [0.4, 0.5) is 0 Å². The SMILES string of the molecule is CCN1CCC(N(C)C(=O)[C@@H](N)C(C)C)CC1. The van der Waals surface area contributed by atoms with Gasteiger partial charge in [-0.3, -0.25) is 4.79 Å². The molecular weight excluding hydrogens is 214 g/mol. The van der Waals surface area contributed by atoms with E-state index >= 15 is 0 Å². The van der Waals surface area contributed by atoms with Crippen molar-refractivity contribution in [2.75, 3.05) is 26.7 Å². The average molecular weight is 241 g/mol. The molecule has 1 fully saturated rings. The summed E-state index contributed by atoms with van der Waals surface area (Å²) in [5, 5.41) is 0. The zero-order chi connectivity index (χ0) is 13.0. The molecule has 1 rings (SSSR count). The molecule has 4 heteroatoms. The largest absolute Gasteiger partial charge is 0.341 e. The van der Waals surface area contributed by atoms with Crippen LogP contribution in [0.15, 0.2) is 0 Å². The molecule has 0 saturated carbocycles. The number of likely N-dealkylation sites (tertiary alicyclic amines) is 1. The number of piperidine rings is 1. The number of hydrogen-bond donors (Lipinski definition) is 1. The number of carbonyl (C=O) groups is 1. The number of hydrogen-bond acceptors (Lipinski definition) is 3. The maximum Gasteiger partial charge on any atom is 0.239 e. The summed E-state index contributed by atoms with van der Waals surface area (Å²) < 4.78 is 0. The summed E-state index contributed by atoms with van der Waals surface area (Å²) in [6, 6.07) is 0.0132. The first kappa shape index (κ1) is 14.5. The number of rotatable bonds is 4. The predicted octanol–water partition coefficient (Wildman–Crippen LogP) is 0.912. The minimum Gasteiger partial charge on any atom is -0.341 e. The van der Waals surface area contributed by atoms with Crippen LogP contribution in [0.5, 0.6) is 0 Å². The van der Waals surface area contributed by atoms with E-state index in [-0.39, 0.29) is 17.9 Å². The van der Waals surface area contributed by atoms with Crippen LogP contribution in [0.2, 0.25) is 0 Å². The van der Waals surface area contributed by atoms with Gasteiger partial charge in [-0.2, -0.15) is 0 Å². The normalized spacial score (nSPS) is 20.6.